The second-order valence-corrected chi connectivity index (χ2v) is 5.94. The zero-order valence-electron chi connectivity index (χ0n) is 14.4. The first-order valence-electron chi connectivity index (χ1n) is 8.26. The van der Waals surface area contributed by atoms with Gasteiger partial charge in [-0.1, -0.05) is 18.2 Å². The van der Waals surface area contributed by atoms with Crippen molar-refractivity contribution in [3.8, 4) is 0 Å². The van der Waals surface area contributed by atoms with Gasteiger partial charge in [0.2, 0.25) is 5.91 Å². The second-order valence-electron chi connectivity index (χ2n) is 5.94. The molecule has 9 heteroatoms. The molecule has 1 aliphatic rings. The van der Waals surface area contributed by atoms with Crippen molar-refractivity contribution in [2.45, 2.75) is 0 Å². The molecule has 138 valence electrons. The van der Waals surface area contributed by atoms with Gasteiger partial charge >= 0.3 is 5.97 Å². The summed E-state index contributed by atoms with van der Waals surface area (Å²) < 4.78 is 10.2. The molecule has 26 heavy (non-hydrogen) atoms. The molecule has 0 saturated carbocycles. The Hall–Kier alpha value is -2.94. The van der Waals surface area contributed by atoms with Crippen LogP contribution in [0.2, 0.25) is 0 Å². The number of nitrogens with one attached hydrogen (secondary N) is 1. The molecule has 2 heterocycles. The van der Waals surface area contributed by atoms with Crippen LogP contribution in [0.15, 0.2) is 24.3 Å². The fraction of sp³-hybridized carbons (Fsp3) is 0.412. The molecule has 9 nitrogen and oxygen atoms in total. The highest BCUT2D eigenvalue weighted by atomic mass is 16.5. The Morgan fingerprint density at radius 1 is 1.27 bits per heavy atom. The summed E-state index contributed by atoms with van der Waals surface area (Å²) in [7, 11) is 1.50. The van der Waals surface area contributed by atoms with Crippen LogP contribution < -0.4 is 0 Å². The van der Waals surface area contributed by atoms with Gasteiger partial charge in [-0.2, -0.15) is 5.10 Å². The van der Waals surface area contributed by atoms with Gasteiger partial charge in [0, 0.05) is 25.5 Å². The zero-order chi connectivity index (χ0) is 18.5. The largest absolute Gasteiger partial charge is 0.451 e. The Kier molecular flexibility index (Phi) is 5.47. The van der Waals surface area contributed by atoms with E-state index in [1.54, 1.807) is 23.1 Å². The number of aromatic nitrogens is 2. The summed E-state index contributed by atoms with van der Waals surface area (Å²) >= 11 is 0. The molecule has 3 rings (SSSR count). The minimum atomic E-state index is -0.691. The molecular weight excluding hydrogens is 340 g/mol. The van der Waals surface area contributed by atoms with Crippen LogP contribution in [0.3, 0.4) is 0 Å². The fourth-order valence-corrected chi connectivity index (χ4v) is 2.63. The molecule has 1 aliphatic heterocycles. The van der Waals surface area contributed by atoms with Crippen LogP contribution in [-0.4, -0.2) is 84.3 Å². The fourth-order valence-electron chi connectivity index (χ4n) is 2.63. The Morgan fingerprint density at radius 2 is 2.00 bits per heavy atom. The lowest BCUT2D eigenvalue weighted by atomic mass is 10.2. The summed E-state index contributed by atoms with van der Waals surface area (Å²) in [6.07, 6.45) is 0. The van der Waals surface area contributed by atoms with Gasteiger partial charge in [0.25, 0.3) is 5.91 Å². The van der Waals surface area contributed by atoms with Crippen molar-refractivity contribution in [2.75, 3.05) is 46.5 Å². The molecule has 2 amide bonds. The highest BCUT2D eigenvalue weighted by Gasteiger charge is 2.22. The number of esters is 1. The molecule has 1 saturated heterocycles. The van der Waals surface area contributed by atoms with Crippen LogP contribution in [0.25, 0.3) is 10.9 Å². The molecule has 2 aromatic rings. The van der Waals surface area contributed by atoms with E-state index in [1.807, 2.05) is 6.07 Å². The van der Waals surface area contributed by atoms with Crippen LogP contribution in [0.4, 0.5) is 0 Å². The predicted molar refractivity (Wildman–Crippen MR) is 91.4 cm³/mol. The average molecular weight is 360 g/mol. The molecule has 0 spiro atoms. The first-order valence-corrected chi connectivity index (χ1v) is 8.26. The zero-order valence-corrected chi connectivity index (χ0v) is 14.4. The first-order chi connectivity index (χ1) is 12.6. The van der Waals surface area contributed by atoms with E-state index < -0.39 is 18.5 Å². The summed E-state index contributed by atoms with van der Waals surface area (Å²) in [5.74, 6) is -1.31. The normalized spacial score (nSPS) is 14.3. The quantitative estimate of drug-likeness (QED) is 0.755. The van der Waals surface area contributed by atoms with E-state index in [2.05, 4.69) is 10.2 Å². The van der Waals surface area contributed by atoms with Crippen molar-refractivity contribution in [3.05, 3.63) is 30.0 Å². The number of benzene rings is 1. The molecule has 1 aromatic heterocycles. The van der Waals surface area contributed by atoms with E-state index >= 15 is 0 Å². The van der Waals surface area contributed by atoms with E-state index in [-0.39, 0.29) is 18.1 Å². The topological polar surface area (TPSA) is 105 Å². The number of para-hydroxylation sites is 1. The number of hydrogen-bond acceptors (Lipinski definition) is 6. The maximum atomic E-state index is 12.2. The minimum absolute atomic E-state index is 0.0677. The number of carbonyl (C=O) groups is 3. The van der Waals surface area contributed by atoms with Gasteiger partial charge in [0.1, 0.15) is 0 Å². The second kappa shape index (κ2) is 7.96. The standard InChI is InChI=1S/C17H20N4O5/c1-20(10-14(22)21-6-8-25-9-7-21)15(23)11-26-17(24)16-12-4-2-3-5-13(12)18-19-16/h2-5H,6-11H2,1H3,(H,18,19). The number of fused-ring (bicyclic) bond motifs is 1. The van der Waals surface area contributed by atoms with Crippen LogP contribution in [0, 0.1) is 0 Å². The highest BCUT2D eigenvalue weighted by Crippen LogP contribution is 2.15. The number of likely N-dealkylation sites (N-methyl/N-ethyl adjacent to an activating group) is 1. The summed E-state index contributed by atoms with van der Waals surface area (Å²) in [6, 6.07) is 7.13. The van der Waals surface area contributed by atoms with Gasteiger partial charge in [0.15, 0.2) is 12.3 Å². The number of aromatic amines is 1. The van der Waals surface area contributed by atoms with Crippen molar-refractivity contribution >= 4 is 28.7 Å². The van der Waals surface area contributed by atoms with E-state index in [9.17, 15) is 14.4 Å². The number of H-pyrrole nitrogens is 1. The number of ether oxygens (including phenoxy) is 2. The Labute approximate surface area is 149 Å². The van der Waals surface area contributed by atoms with Gasteiger partial charge in [-0.05, 0) is 6.07 Å². The van der Waals surface area contributed by atoms with E-state index in [4.69, 9.17) is 9.47 Å². The lowest BCUT2D eigenvalue weighted by Crippen LogP contribution is -2.46. The molecule has 0 aliphatic carbocycles. The van der Waals surface area contributed by atoms with Crippen molar-refractivity contribution in [3.63, 3.8) is 0 Å². The molecule has 0 bridgehead atoms. The number of morpholine rings is 1. The molecule has 1 aromatic carbocycles. The van der Waals surface area contributed by atoms with Gasteiger partial charge in [-0.15, -0.1) is 0 Å². The van der Waals surface area contributed by atoms with Gasteiger partial charge in [-0.25, -0.2) is 4.79 Å². The molecule has 0 radical (unpaired) electrons. The van der Waals surface area contributed by atoms with Crippen molar-refractivity contribution in [1.29, 1.82) is 0 Å². The van der Waals surface area contributed by atoms with Gasteiger partial charge in [0.05, 0.1) is 25.3 Å². The summed E-state index contributed by atoms with van der Waals surface area (Å²) in [5.41, 5.74) is 0.833. The Morgan fingerprint density at radius 3 is 2.77 bits per heavy atom. The Bertz CT molecular complexity index is 812. The van der Waals surface area contributed by atoms with E-state index in [0.717, 1.165) is 0 Å². The van der Waals surface area contributed by atoms with Crippen LogP contribution in [0.5, 0.6) is 0 Å². The summed E-state index contributed by atoms with van der Waals surface area (Å²) in [6.45, 7) is 1.51. The average Bonchev–Trinajstić information content (AvgIpc) is 3.10. The van der Waals surface area contributed by atoms with E-state index in [1.165, 1.54) is 11.9 Å². The smallest absolute Gasteiger partial charge is 0.359 e. The van der Waals surface area contributed by atoms with Crippen molar-refractivity contribution in [2.24, 2.45) is 0 Å². The third-order valence-corrected chi connectivity index (χ3v) is 4.15. The number of hydrogen-bond donors (Lipinski definition) is 1. The molecule has 0 atom stereocenters. The summed E-state index contributed by atoms with van der Waals surface area (Å²) in [4.78, 5) is 39.3. The van der Waals surface area contributed by atoms with E-state index in [0.29, 0.717) is 37.2 Å². The number of amides is 2. The highest BCUT2D eigenvalue weighted by molar-refractivity contribution is 6.02. The minimum Gasteiger partial charge on any atom is -0.451 e. The third-order valence-electron chi connectivity index (χ3n) is 4.15. The van der Waals surface area contributed by atoms with Gasteiger partial charge in [-0.3, -0.25) is 14.7 Å². The first kappa shape index (κ1) is 17.9. The lowest BCUT2D eigenvalue weighted by Gasteiger charge is -2.28. The number of nitrogens with zero attached hydrogens (tertiary/aromatic N) is 3. The molecule has 1 fully saturated rings. The van der Waals surface area contributed by atoms with Crippen LogP contribution >= 0.6 is 0 Å². The third kappa shape index (κ3) is 3.99. The number of rotatable bonds is 5. The predicted octanol–water partition coefficient (Wildman–Crippen LogP) is 0.0369. The molecular formula is C17H20N4O5. The summed E-state index contributed by atoms with van der Waals surface area (Å²) in [5, 5.41) is 7.29. The lowest BCUT2D eigenvalue weighted by molar-refractivity contribution is -0.143. The molecule has 1 N–H and O–H groups in total. The number of carbonyl (C=O) groups excluding carboxylic acids is 3. The van der Waals surface area contributed by atoms with Gasteiger partial charge < -0.3 is 19.3 Å². The molecule has 0 unspecified atom stereocenters. The Balaban J connectivity index is 1.51. The maximum Gasteiger partial charge on any atom is 0.359 e. The van der Waals surface area contributed by atoms with Crippen molar-refractivity contribution < 1.29 is 23.9 Å². The van der Waals surface area contributed by atoms with Crippen LogP contribution in [0.1, 0.15) is 10.5 Å². The van der Waals surface area contributed by atoms with Crippen molar-refractivity contribution in [1.82, 2.24) is 20.0 Å². The SMILES string of the molecule is CN(CC(=O)N1CCOCC1)C(=O)COC(=O)c1n[nH]c2ccccc12. The monoisotopic (exact) mass is 360 g/mol. The van der Waals surface area contributed by atoms with Crippen LogP contribution in [-0.2, 0) is 19.1 Å². The maximum absolute atomic E-state index is 12.2.